The number of nitrogens with zero attached hydrogens (tertiary/aromatic N) is 2. The van der Waals surface area contributed by atoms with E-state index in [-0.39, 0.29) is 11.8 Å². The number of rotatable bonds is 9. The standard InChI is InChI=1S/C25H32N2O3/c1-2-3-20-30-23-14-12-22(13-15-23)25(29)27-18-16-26(17-19-27)24(28)11-7-10-21-8-5-4-6-9-21/h4-6,8-9,12-15H,2-3,7,10-11,16-20H2,1H3. The molecule has 0 aromatic heterocycles. The Bertz CT molecular complexity index is 797. The number of piperazine rings is 1. The van der Waals surface area contributed by atoms with Crippen LogP contribution in [0.3, 0.4) is 0 Å². The van der Waals surface area contributed by atoms with Gasteiger partial charge in [-0.1, -0.05) is 43.7 Å². The van der Waals surface area contributed by atoms with Gasteiger partial charge in [-0.15, -0.1) is 0 Å². The fourth-order valence-electron chi connectivity index (χ4n) is 3.62. The summed E-state index contributed by atoms with van der Waals surface area (Å²) in [7, 11) is 0. The maximum Gasteiger partial charge on any atom is 0.253 e. The van der Waals surface area contributed by atoms with Gasteiger partial charge in [0.1, 0.15) is 5.75 Å². The Morgan fingerprint density at radius 2 is 1.53 bits per heavy atom. The second-order valence-electron chi connectivity index (χ2n) is 7.74. The average Bonchev–Trinajstić information content (AvgIpc) is 2.80. The first-order chi connectivity index (χ1) is 14.7. The van der Waals surface area contributed by atoms with Gasteiger partial charge in [0.15, 0.2) is 0 Å². The maximum absolute atomic E-state index is 12.8. The number of carbonyl (C=O) groups excluding carboxylic acids is 2. The van der Waals surface area contributed by atoms with Crippen LogP contribution in [0.25, 0.3) is 0 Å². The fourth-order valence-corrected chi connectivity index (χ4v) is 3.62. The van der Waals surface area contributed by atoms with E-state index in [1.54, 1.807) is 0 Å². The second kappa shape index (κ2) is 11.4. The lowest BCUT2D eigenvalue weighted by Gasteiger charge is -2.35. The van der Waals surface area contributed by atoms with Crippen LogP contribution in [0.4, 0.5) is 0 Å². The van der Waals surface area contributed by atoms with Gasteiger partial charge in [0, 0.05) is 38.2 Å². The summed E-state index contributed by atoms with van der Waals surface area (Å²) in [6, 6.07) is 17.6. The zero-order chi connectivity index (χ0) is 21.2. The van der Waals surface area contributed by atoms with Crippen molar-refractivity contribution in [1.82, 2.24) is 9.80 Å². The molecule has 0 N–H and O–H groups in total. The molecule has 1 fully saturated rings. The van der Waals surface area contributed by atoms with E-state index in [2.05, 4.69) is 19.1 Å². The number of aryl methyl sites for hydroxylation is 1. The monoisotopic (exact) mass is 408 g/mol. The van der Waals surface area contributed by atoms with Crippen LogP contribution in [0.15, 0.2) is 54.6 Å². The van der Waals surface area contributed by atoms with Crippen LogP contribution in [0.1, 0.15) is 48.5 Å². The molecule has 1 saturated heterocycles. The van der Waals surface area contributed by atoms with E-state index in [0.29, 0.717) is 44.8 Å². The number of amides is 2. The topological polar surface area (TPSA) is 49.9 Å². The van der Waals surface area contributed by atoms with Gasteiger partial charge in [0.05, 0.1) is 6.61 Å². The summed E-state index contributed by atoms with van der Waals surface area (Å²) in [5.41, 5.74) is 1.93. The van der Waals surface area contributed by atoms with Crippen molar-refractivity contribution in [2.45, 2.75) is 39.0 Å². The summed E-state index contributed by atoms with van der Waals surface area (Å²) in [6.45, 7) is 5.20. The molecule has 2 aromatic carbocycles. The van der Waals surface area contributed by atoms with E-state index in [4.69, 9.17) is 4.74 Å². The normalized spacial score (nSPS) is 13.9. The minimum absolute atomic E-state index is 0.0197. The molecule has 0 unspecified atom stereocenters. The lowest BCUT2D eigenvalue weighted by molar-refractivity contribution is -0.132. The van der Waals surface area contributed by atoms with Crippen LogP contribution >= 0.6 is 0 Å². The van der Waals surface area contributed by atoms with Crippen molar-refractivity contribution in [3.05, 3.63) is 65.7 Å². The molecule has 1 aliphatic rings. The summed E-state index contributed by atoms with van der Waals surface area (Å²) in [5, 5.41) is 0. The molecule has 160 valence electrons. The molecule has 5 heteroatoms. The molecular weight excluding hydrogens is 376 g/mol. The predicted octanol–water partition coefficient (Wildman–Crippen LogP) is 4.17. The molecule has 5 nitrogen and oxygen atoms in total. The highest BCUT2D eigenvalue weighted by Crippen LogP contribution is 2.16. The second-order valence-corrected chi connectivity index (χ2v) is 7.74. The quantitative estimate of drug-likeness (QED) is 0.585. The van der Waals surface area contributed by atoms with Gasteiger partial charge in [-0.2, -0.15) is 0 Å². The van der Waals surface area contributed by atoms with E-state index < -0.39 is 0 Å². The van der Waals surface area contributed by atoms with Crippen molar-refractivity contribution in [2.24, 2.45) is 0 Å². The molecule has 2 amide bonds. The number of hydrogen-bond donors (Lipinski definition) is 0. The minimum Gasteiger partial charge on any atom is -0.494 e. The van der Waals surface area contributed by atoms with Gasteiger partial charge in [-0.3, -0.25) is 9.59 Å². The molecule has 0 saturated carbocycles. The summed E-state index contributed by atoms with van der Waals surface area (Å²) in [5.74, 6) is 1.00. The summed E-state index contributed by atoms with van der Waals surface area (Å²) < 4.78 is 5.66. The molecule has 3 rings (SSSR count). The van der Waals surface area contributed by atoms with Gasteiger partial charge in [0.25, 0.3) is 5.91 Å². The van der Waals surface area contributed by atoms with Crippen LogP contribution in [0.5, 0.6) is 5.75 Å². The first kappa shape index (κ1) is 21.9. The van der Waals surface area contributed by atoms with Gasteiger partial charge in [-0.05, 0) is 49.1 Å². The molecule has 0 aliphatic carbocycles. The zero-order valence-corrected chi connectivity index (χ0v) is 17.9. The fraction of sp³-hybridized carbons (Fsp3) is 0.440. The van der Waals surface area contributed by atoms with E-state index >= 15 is 0 Å². The summed E-state index contributed by atoms with van der Waals surface area (Å²) >= 11 is 0. The van der Waals surface area contributed by atoms with Crippen LogP contribution in [0, 0.1) is 0 Å². The number of hydrogen-bond acceptors (Lipinski definition) is 3. The Morgan fingerprint density at radius 1 is 0.867 bits per heavy atom. The Kier molecular flexibility index (Phi) is 8.30. The van der Waals surface area contributed by atoms with E-state index in [9.17, 15) is 9.59 Å². The highest BCUT2D eigenvalue weighted by Gasteiger charge is 2.24. The summed E-state index contributed by atoms with van der Waals surface area (Å²) in [6.07, 6.45) is 4.45. The van der Waals surface area contributed by atoms with Gasteiger partial charge >= 0.3 is 0 Å². The van der Waals surface area contributed by atoms with Crippen LogP contribution < -0.4 is 4.74 Å². The number of benzene rings is 2. The highest BCUT2D eigenvalue weighted by molar-refractivity contribution is 5.94. The Hall–Kier alpha value is -2.82. The minimum atomic E-state index is 0.0197. The summed E-state index contributed by atoms with van der Waals surface area (Å²) in [4.78, 5) is 29.0. The van der Waals surface area contributed by atoms with Crippen molar-refractivity contribution in [3.8, 4) is 5.75 Å². The Morgan fingerprint density at radius 3 is 2.20 bits per heavy atom. The number of unbranched alkanes of at least 4 members (excludes halogenated alkanes) is 1. The largest absolute Gasteiger partial charge is 0.494 e. The first-order valence-corrected chi connectivity index (χ1v) is 11.0. The predicted molar refractivity (Wildman–Crippen MR) is 119 cm³/mol. The zero-order valence-electron chi connectivity index (χ0n) is 17.9. The molecular formula is C25H32N2O3. The smallest absolute Gasteiger partial charge is 0.253 e. The SMILES string of the molecule is CCCCOc1ccc(C(=O)N2CCN(C(=O)CCCc3ccccc3)CC2)cc1. The molecule has 0 radical (unpaired) electrons. The Balaban J connectivity index is 1.40. The molecule has 30 heavy (non-hydrogen) atoms. The van der Waals surface area contributed by atoms with E-state index in [1.165, 1.54) is 5.56 Å². The number of ether oxygens (including phenoxy) is 1. The van der Waals surface area contributed by atoms with Crippen molar-refractivity contribution in [1.29, 1.82) is 0 Å². The molecule has 0 atom stereocenters. The van der Waals surface area contributed by atoms with Crippen LogP contribution in [-0.4, -0.2) is 54.4 Å². The van der Waals surface area contributed by atoms with Gasteiger partial charge in [0.2, 0.25) is 5.91 Å². The molecule has 1 heterocycles. The van der Waals surface area contributed by atoms with Crippen LogP contribution in [-0.2, 0) is 11.2 Å². The third-order valence-corrected chi connectivity index (χ3v) is 5.49. The van der Waals surface area contributed by atoms with Crippen LogP contribution in [0.2, 0.25) is 0 Å². The van der Waals surface area contributed by atoms with Crippen molar-refractivity contribution < 1.29 is 14.3 Å². The third kappa shape index (κ3) is 6.34. The number of carbonyl (C=O) groups is 2. The first-order valence-electron chi connectivity index (χ1n) is 11.0. The lowest BCUT2D eigenvalue weighted by Crippen LogP contribution is -2.50. The molecule has 1 aliphatic heterocycles. The highest BCUT2D eigenvalue weighted by atomic mass is 16.5. The maximum atomic E-state index is 12.8. The van der Waals surface area contributed by atoms with Gasteiger partial charge < -0.3 is 14.5 Å². The molecule has 2 aromatic rings. The van der Waals surface area contributed by atoms with Crippen molar-refractivity contribution in [3.63, 3.8) is 0 Å². The Labute approximate surface area is 179 Å². The molecule has 0 spiro atoms. The van der Waals surface area contributed by atoms with Crippen molar-refractivity contribution >= 4 is 11.8 Å². The van der Waals surface area contributed by atoms with Gasteiger partial charge in [-0.25, -0.2) is 0 Å². The van der Waals surface area contributed by atoms with Crippen molar-refractivity contribution in [2.75, 3.05) is 32.8 Å². The third-order valence-electron chi connectivity index (χ3n) is 5.49. The lowest BCUT2D eigenvalue weighted by atomic mass is 10.1. The van der Waals surface area contributed by atoms with E-state index in [1.807, 2.05) is 52.3 Å². The van der Waals surface area contributed by atoms with E-state index in [0.717, 1.165) is 31.4 Å². The average molecular weight is 409 g/mol. The molecule has 0 bridgehead atoms.